The lowest BCUT2D eigenvalue weighted by Gasteiger charge is -2.14. The minimum absolute atomic E-state index is 0.0792. The number of carbonyl (C=O) groups excluding carboxylic acids is 2. The summed E-state index contributed by atoms with van der Waals surface area (Å²) >= 11 is 0. The SMILES string of the molecule is Cn1cc(CNS(=O)(=O)c2ccc(N3C(=O)CCC3=O)cc2)c2ccccc21. The number of anilines is 1. The Morgan fingerprint density at radius 3 is 2.29 bits per heavy atom. The monoisotopic (exact) mass is 397 g/mol. The summed E-state index contributed by atoms with van der Waals surface area (Å²) in [6, 6.07) is 13.6. The number of amides is 2. The van der Waals surface area contributed by atoms with Crippen LogP contribution in [0.2, 0.25) is 0 Å². The fraction of sp³-hybridized carbons (Fsp3) is 0.200. The molecule has 3 aromatic rings. The molecule has 1 aliphatic heterocycles. The molecule has 2 aromatic carbocycles. The number of imide groups is 1. The second-order valence-corrected chi connectivity index (χ2v) is 8.49. The van der Waals surface area contributed by atoms with E-state index in [0.29, 0.717) is 5.69 Å². The molecule has 8 heteroatoms. The van der Waals surface area contributed by atoms with Gasteiger partial charge in [-0.15, -0.1) is 0 Å². The molecule has 1 saturated heterocycles. The van der Waals surface area contributed by atoms with Gasteiger partial charge in [-0.05, 0) is 35.9 Å². The van der Waals surface area contributed by atoms with Gasteiger partial charge in [0, 0.05) is 43.5 Å². The predicted octanol–water partition coefficient (Wildman–Crippen LogP) is 2.31. The van der Waals surface area contributed by atoms with E-state index >= 15 is 0 Å². The number of para-hydroxylation sites is 1. The lowest BCUT2D eigenvalue weighted by atomic mass is 10.2. The van der Waals surface area contributed by atoms with Crippen molar-refractivity contribution in [1.82, 2.24) is 9.29 Å². The Bertz CT molecular complexity index is 1160. The third-order valence-corrected chi connectivity index (χ3v) is 6.31. The number of aryl methyl sites for hydroxylation is 1. The van der Waals surface area contributed by atoms with Crippen LogP contribution in [0, 0.1) is 0 Å². The summed E-state index contributed by atoms with van der Waals surface area (Å²) < 4.78 is 29.9. The number of nitrogens with zero attached hydrogens (tertiary/aromatic N) is 2. The van der Waals surface area contributed by atoms with Crippen LogP contribution in [-0.4, -0.2) is 24.8 Å². The quantitative estimate of drug-likeness (QED) is 0.669. The highest BCUT2D eigenvalue weighted by Crippen LogP contribution is 2.24. The number of aromatic nitrogens is 1. The van der Waals surface area contributed by atoms with E-state index in [-0.39, 0.29) is 36.1 Å². The van der Waals surface area contributed by atoms with Crippen molar-refractivity contribution in [3.05, 3.63) is 60.3 Å². The number of benzene rings is 2. The van der Waals surface area contributed by atoms with Gasteiger partial charge in [-0.25, -0.2) is 13.1 Å². The Labute approximate surface area is 162 Å². The first-order valence-corrected chi connectivity index (χ1v) is 10.3. The number of rotatable bonds is 5. The van der Waals surface area contributed by atoms with Crippen molar-refractivity contribution >= 4 is 38.4 Å². The van der Waals surface area contributed by atoms with Crippen molar-refractivity contribution in [1.29, 1.82) is 0 Å². The average molecular weight is 397 g/mol. The van der Waals surface area contributed by atoms with Crippen LogP contribution in [-0.2, 0) is 33.2 Å². The number of nitrogens with one attached hydrogen (secondary N) is 1. The summed E-state index contributed by atoms with van der Waals surface area (Å²) in [4.78, 5) is 24.8. The Hall–Kier alpha value is -2.97. The summed E-state index contributed by atoms with van der Waals surface area (Å²) in [7, 11) is -1.82. The third-order valence-electron chi connectivity index (χ3n) is 4.89. The van der Waals surface area contributed by atoms with Gasteiger partial charge in [0.25, 0.3) is 0 Å². The van der Waals surface area contributed by atoms with Crippen LogP contribution >= 0.6 is 0 Å². The third kappa shape index (κ3) is 3.21. The molecular weight excluding hydrogens is 378 g/mol. The first-order valence-electron chi connectivity index (χ1n) is 8.85. The Morgan fingerprint density at radius 2 is 1.61 bits per heavy atom. The highest BCUT2D eigenvalue weighted by molar-refractivity contribution is 7.89. The molecule has 0 unspecified atom stereocenters. The molecule has 1 aromatic heterocycles. The average Bonchev–Trinajstić information content (AvgIpc) is 3.19. The van der Waals surface area contributed by atoms with Crippen LogP contribution in [0.25, 0.3) is 10.9 Å². The Kier molecular flexibility index (Phi) is 4.52. The van der Waals surface area contributed by atoms with Crippen molar-refractivity contribution < 1.29 is 18.0 Å². The molecule has 1 aliphatic rings. The van der Waals surface area contributed by atoms with Gasteiger partial charge in [0.05, 0.1) is 10.6 Å². The molecular formula is C20H19N3O4S. The van der Waals surface area contributed by atoms with Gasteiger partial charge in [0.2, 0.25) is 21.8 Å². The second kappa shape index (κ2) is 6.88. The van der Waals surface area contributed by atoms with E-state index in [9.17, 15) is 18.0 Å². The molecule has 7 nitrogen and oxygen atoms in total. The summed E-state index contributed by atoms with van der Waals surface area (Å²) in [5, 5.41) is 0.995. The fourth-order valence-corrected chi connectivity index (χ4v) is 4.47. The number of fused-ring (bicyclic) bond motifs is 1. The lowest BCUT2D eigenvalue weighted by molar-refractivity contribution is -0.121. The van der Waals surface area contributed by atoms with Gasteiger partial charge >= 0.3 is 0 Å². The van der Waals surface area contributed by atoms with Crippen molar-refractivity contribution in [2.45, 2.75) is 24.3 Å². The molecule has 1 fully saturated rings. The zero-order valence-electron chi connectivity index (χ0n) is 15.3. The predicted molar refractivity (Wildman–Crippen MR) is 105 cm³/mol. The molecule has 2 heterocycles. The van der Waals surface area contributed by atoms with Crippen LogP contribution in [0.1, 0.15) is 18.4 Å². The van der Waals surface area contributed by atoms with Gasteiger partial charge in [-0.3, -0.25) is 14.5 Å². The van der Waals surface area contributed by atoms with Crippen molar-refractivity contribution in [2.75, 3.05) is 4.90 Å². The van der Waals surface area contributed by atoms with Crippen LogP contribution in [0.3, 0.4) is 0 Å². The molecule has 0 bridgehead atoms. The van der Waals surface area contributed by atoms with Gasteiger partial charge in [0.15, 0.2) is 0 Å². The number of sulfonamides is 1. The van der Waals surface area contributed by atoms with E-state index in [0.717, 1.165) is 21.4 Å². The van der Waals surface area contributed by atoms with Crippen LogP contribution in [0.5, 0.6) is 0 Å². The minimum Gasteiger partial charge on any atom is -0.350 e. The van der Waals surface area contributed by atoms with Gasteiger partial charge in [-0.1, -0.05) is 18.2 Å². The largest absolute Gasteiger partial charge is 0.350 e. The van der Waals surface area contributed by atoms with E-state index in [4.69, 9.17) is 0 Å². The molecule has 0 aliphatic carbocycles. The zero-order chi connectivity index (χ0) is 19.9. The van der Waals surface area contributed by atoms with Gasteiger partial charge in [0.1, 0.15) is 0 Å². The van der Waals surface area contributed by atoms with Gasteiger partial charge < -0.3 is 4.57 Å². The van der Waals surface area contributed by atoms with Gasteiger partial charge in [-0.2, -0.15) is 0 Å². The standard InChI is InChI=1S/C20H19N3O4S/c1-22-13-14(17-4-2-3-5-18(17)22)12-21-28(26,27)16-8-6-15(7-9-16)23-19(24)10-11-20(23)25/h2-9,13,21H,10-12H2,1H3. The smallest absolute Gasteiger partial charge is 0.240 e. The summed E-state index contributed by atoms with van der Waals surface area (Å²) in [5.74, 6) is -0.538. The van der Waals surface area contributed by atoms with Crippen molar-refractivity contribution in [2.24, 2.45) is 7.05 Å². The Balaban J connectivity index is 1.53. The second-order valence-electron chi connectivity index (χ2n) is 6.72. The van der Waals surface area contributed by atoms with Crippen LogP contribution in [0.4, 0.5) is 5.69 Å². The first kappa shape index (κ1) is 18.4. The maximum Gasteiger partial charge on any atom is 0.240 e. The maximum atomic E-state index is 12.6. The summed E-state index contributed by atoms with van der Waals surface area (Å²) in [6.07, 6.45) is 2.28. The first-order chi connectivity index (χ1) is 13.4. The molecule has 1 N–H and O–H groups in total. The molecule has 0 radical (unpaired) electrons. The fourth-order valence-electron chi connectivity index (χ4n) is 3.46. The maximum absolute atomic E-state index is 12.6. The number of hydrogen-bond donors (Lipinski definition) is 1. The summed E-state index contributed by atoms with van der Waals surface area (Å²) in [5.41, 5.74) is 2.30. The highest BCUT2D eigenvalue weighted by Gasteiger charge is 2.30. The normalized spacial score (nSPS) is 15.0. The minimum atomic E-state index is -3.73. The molecule has 4 rings (SSSR count). The molecule has 0 atom stereocenters. The van der Waals surface area contributed by atoms with E-state index in [1.54, 1.807) is 0 Å². The zero-order valence-corrected chi connectivity index (χ0v) is 16.1. The molecule has 0 saturated carbocycles. The molecule has 2 amide bonds. The van der Waals surface area contributed by atoms with E-state index in [1.807, 2.05) is 42.1 Å². The van der Waals surface area contributed by atoms with Crippen LogP contribution in [0.15, 0.2) is 59.6 Å². The van der Waals surface area contributed by atoms with Crippen molar-refractivity contribution in [3.63, 3.8) is 0 Å². The molecule has 144 valence electrons. The van der Waals surface area contributed by atoms with E-state index < -0.39 is 10.0 Å². The topological polar surface area (TPSA) is 88.5 Å². The highest BCUT2D eigenvalue weighted by atomic mass is 32.2. The molecule has 28 heavy (non-hydrogen) atoms. The molecule has 0 spiro atoms. The lowest BCUT2D eigenvalue weighted by Crippen LogP contribution is -2.28. The Morgan fingerprint density at radius 1 is 0.964 bits per heavy atom. The number of carbonyl (C=O) groups is 2. The van der Waals surface area contributed by atoms with E-state index in [1.165, 1.54) is 24.3 Å². The van der Waals surface area contributed by atoms with E-state index in [2.05, 4.69) is 4.72 Å². The van der Waals surface area contributed by atoms with Crippen LogP contribution < -0.4 is 9.62 Å². The van der Waals surface area contributed by atoms with Crippen molar-refractivity contribution in [3.8, 4) is 0 Å². The number of hydrogen-bond acceptors (Lipinski definition) is 4. The summed E-state index contributed by atoms with van der Waals surface area (Å²) in [6.45, 7) is 0.161.